The third-order valence-corrected chi connectivity index (χ3v) is 3.77. The van der Waals surface area contributed by atoms with Gasteiger partial charge in [0.2, 0.25) is 5.91 Å². The van der Waals surface area contributed by atoms with Crippen molar-refractivity contribution < 1.29 is 9.18 Å². The highest BCUT2D eigenvalue weighted by Crippen LogP contribution is 2.18. The van der Waals surface area contributed by atoms with Gasteiger partial charge in [0.1, 0.15) is 5.82 Å². The van der Waals surface area contributed by atoms with E-state index in [0.717, 1.165) is 23.5 Å². The Balaban J connectivity index is 2.05. The molecule has 1 amide bonds. The van der Waals surface area contributed by atoms with Gasteiger partial charge in [-0.05, 0) is 48.8 Å². The van der Waals surface area contributed by atoms with Crippen molar-refractivity contribution in [2.24, 2.45) is 5.92 Å². The Morgan fingerprint density at radius 1 is 1.32 bits per heavy atom. The maximum absolute atomic E-state index is 12.7. The second-order valence-electron chi connectivity index (χ2n) is 4.94. The van der Waals surface area contributed by atoms with Gasteiger partial charge in [-0.2, -0.15) is 0 Å². The van der Waals surface area contributed by atoms with Crippen LogP contribution in [0.1, 0.15) is 33.1 Å². The number of amides is 1. The van der Waals surface area contributed by atoms with Crippen LogP contribution in [0.5, 0.6) is 0 Å². The van der Waals surface area contributed by atoms with Crippen molar-refractivity contribution in [2.75, 3.05) is 12.3 Å². The fraction of sp³-hybridized carbons (Fsp3) is 0.533. The summed E-state index contributed by atoms with van der Waals surface area (Å²) in [6.45, 7) is 4.95. The number of nitrogens with one attached hydrogen (secondary N) is 1. The Hall–Kier alpha value is -1.03. The number of carbonyl (C=O) groups is 1. The summed E-state index contributed by atoms with van der Waals surface area (Å²) in [6, 6.07) is 6.49. The van der Waals surface area contributed by atoms with Gasteiger partial charge in [-0.15, -0.1) is 11.8 Å². The van der Waals surface area contributed by atoms with Gasteiger partial charge in [-0.25, -0.2) is 4.39 Å². The summed E-state index contributed by atoms with van der Waals surface area (Å²) in [5, 5.41) is 2.92. The first-order valence-electron chi connectivity index (χ1n) is 6.73. The van der Waals surface area contributed by atoms with Gasteiger partial charge in [-0.1, -0.05) is 13.8 Å². The van der Waals surface area contributed by atoms with Crippen LogP contribution in [0.15, 0.2) is 29.2 Å². The lowest BCUT2D eigenvalue weighted by molar-refractivity contribution is -0.121. The van der Waals surface area contributed by atoms with Crippen molar-refractivity contribution in [3.63, 3.8) is 0 Å². The van der Waals surface area contributed by atoms with Crippen LogP contribution in [0.2, 0.25) is 0 Å². The van der Waals surface area contributed by atoms with Gasteiger partial charge in [0.25, 0.3) is 0 Å². The minimum atomic E-state index is -0.207. The number of thioether (sulfide) groups is 1. The monoisotopic (exact) mass is 283 g/mol. The summed E-state index contributed by atoms with van der Waals surface area (Å²) in [6.07, 6.45) is 2.48. The minimum Gasteiger partial charge on any atom is -0.356 e. The number of hydrogen-bond donors (Lipinski definition) is 1. The molecule has 1 aromatic carbocycles. The summed E-state index contributed by atoms with van der Waals surface area (Å²) in [7, 11) is 0. The van der Waals surface area contributed by atoms with E-state index in [-0.39, 0.29) is 11.7 Å². The molecule has 19 heavy (non-hydrogen) atoms. The van der Waals surface area contributed by atoms with Crippen molar-refractivity contribution in [1.82, 2.24) is 5.32 Å². The standard InChI is InChI=1S/C15H22FNOS/c1-12(2)4-9-15(18)17-10-3-11-19-14-7-5-13(16)6-8-14/h5-8,12H,3-4,9-11H2,1-2H3,(H,17,18). The highest BCUT2D eigenvalue weighted by Gasteiger charge is 2.02. The highest BCUT2D eigenvalue weighted by atomic mass is 32.2. The Bertz CT molecular complexity index is 378. The highest BCUT2D eigenvalue weighted by molar-refractivity contribution is 7.99. The van der Waals surface area contributed by atoms with Crippen molar-refractivity contribution in [2.45, 2.75) is 38.0 Å². The number of benzene rings is 1. The first-order valence-corrected chi connectivity index (χ1v) is 7.71. The zero-order valence-corrected chi connectivity index (χ0v) is 12.4. The smallest absolute Gasteiger partial charge is 0.220 e. The van der Waals surface area contributed by atoms with Crippen LogP contribution in [0.3, 0.4) is 0 Å². The number of carbonyl (C=O) groups excluding carboxylic acids is 1. The predicted octanol–water partition coefficient (Wildman–Crippen LogP) is 3.86. The molecule has 2 nitrogen and oxygen atoms in total. The SMILES string of the molecule is CC(C)CCC(=O)NCCCSc1ccc(F)cc1. The van der Waals surface area contributed by atoms with E-state index < -0.39 is 0 Å². The summed E-state index contributed by atoms with van der Waals surface area (Å²) < 4.78 is 12.7. The Labute approximate surface area is 119 Å². The van der Waals surface area contributed by atoms with Crippen molar-refractivity contribution in [3.05, 3.63) is 30.1 Å². The molecule has 1 aromatic rings. The maximum Gasteiger partial charge on any atom is 0.220 e. The van der Waals surface area contributed by atoms with Gasteiger partial charge in [0.15, 0.2) is 0 Å². The van der Waals surface area contributed by atoms with Crippen LogP contribution in [-0.2, 0) is 4.79 Å². The number of hydrogen-bond acceptors (Lipinski definition) is 2. The summed E-state index contributed by atoms with van der Waals surface area (Å²) in [5.74, 6) is 1.43. The van der Waals surface area contributed by atoms with E-state index in [0.29, 0.717) is 18.9 Å². The van der Waals surface area contributed by atoms with E-state index in [4.69, 9.17) is 0 Å². The van der Waals surface area contributed by atoms with Crippen LogP contribution < -0.4 is 5.32 Å². The molecule has 0 unspecified atom stereocenters. The molecule has 0 bridgehead atoms. The molecule has 0 radical (unpaired) electrons. The predicted molar refractivity (Wildman–Crippen MR) is 78.8 cm³/mol. The van der Waals surface area contributed by atoms with E-state index in [1.54, 1.807) is 23.9 Å². The number of rotatable bonds is 8. The maximum atomic E-state index is 12.7. The van der Waals surface area contributed by atoms with Gasteiger partial charge in [-0.3, -0.25) is 4.79 Å². The Kier molecular flexibility index (Phi) is 7.56. The molecular formula is C15H22FNOS. The molecule has 0 aliphatic rings. The minimum absolute atomic E-state index is 0.139. The quantitative estimate of drug-likeness (QED) is 0.580. The zero-order valence-electron chi connectivity index (χ0n) is 11.6. The van der Waals surface area contributed by atoms with Gasteiger partial charge >= 0.3 is 0 Å². The second-order valence-corrected chi connectivity index (χ2v) is 6.11. The Morgan fingerprint density at radius 2 is 2.00 bits per heavy atom. The summed E-state index contributed by atoms with van der Waals surface area (Å²) in [5.41, 5.74) is 0. The fourth-order valence-electron chi connectivity index (χ4n) is 1.53. The third kappa shape index (κ3) is 7.88. The average Bonchev–Trinajstić information content (AvgIpc) is 2.38. The molecule has 0 aliphatic carbocycles. The molecule has 0 spiro atoms. The van der Waals surface area contributed by atoms with Crippen molar-refractivity contribution in [1.29, 1.82) is 0 Å². The summed E-state index contributed by atoms with van der Waals surface area (Å²) >= 11 is 1.68. The molecule has 0 saturated heterocycles. The lowest BCUT2D eigenvalue weighted by atomic mass is 10.1. The lowest BCUT2D eigenvalue weighted by Gasteiger charge is -2.06. The van der Waals surface area contributed by atoms with E-state index in [9.17, 15) is 9.18 Å². The Morgan fingerprint density at radius 3 is 2.63 bits per heavy atom. The van der Waals surface area contributed by atoms with Crippen LogP contribution >= 0.6 is 11.8 Å². The van der Waals surface area contributed by atoms with Crippen LogP contribution in [0, 0.1) is 11.7 Å². The summed E-state index contributed by atoms with van der Waals surface area (Å²) in [4.78, 5) is 12.5. The zero-order chi connectivity index (χ0) is 14.1. The van der Waals surface area contributed by atoms with E-state index in [1.165, 1.54) is 12.1 Å². The van der Waals surface area contributed by atoms with Crippen molar-refractivity contribution in [3.8, 4) is 0 Å². The normalized spacial score (nSPS) is 10.7. The van der Waals surface area contributed by atoms with Crippen molar-refractivity contribution >= 4 is 17.7 Å². The van der Waals surface area contributed by atoms with Gasteiger partial charge in [0.05, 0.1) is 0 Å². The van der Waals surface area contributed by atoms with E-state index in [1.807, 2.05) is 0 Å². The van der Waals surface area contributed by atoms with Gasteiger partial charge < -0.3 is 5.32 Å². The van der Waals surface area contributed by atoms with Crippen LogP contribution in [-0.4, -0.2) is 18.2 Å². The average molecular weight is 283 g/mol. The number of halogens is 1. The van der Waals surface area contributed by atoms with E-state index >= 15 is 0 Å². The van der Waals surface area contributed by atoms with Crippen LogP contribution in [0.25, 0.3) is 0 Å². The van der Waals surface area contributed by atoms with Gasteiger partial charge in [0, 0.05) is 17.9 Å². The molecule has 0 aromatic heterocycles. The molecule has 1 rings (SSSR count). The molecule has 1 N–H and O–H groups in total. The largest absolute Gasteiger partial charge is 0.356 e. The molecule has 0 heterocycles. The molecule has 106 valence electrons. The van der Waals surface area contributed by atoms with Crippen LogP contribution in [0.4, 0.5) is 4.39 Å². The first kappa shape index (κ1) is 16.0. The fourth-order valence-corrected chi connectivity index (χ4v) is 2.38. The van der Waals surface area contributed by atoms with E-state index in [2.05, 4.69) is 19.2 Å². The molecule has 0 atom stereocenters. The molecule has 0 aliphatic heterocycles. The topological polar surface area (TPSA) is 29.1 Å². The molecule has 0 saturated carbocycles. The molecule has 4 heteroatoms. The lowest BCUT2D eigenvalue weighted by Crippen LogP contribution is -2.24. The first-order chi connectivity index (χ1) is 9.08. The second kappa shape index (κ2) is 8.97. The molecular weight excluding hydrogens is 261 g/mol. The molecule has 0 fully saturated rings. The third-order valence-electron chi connectivity index (χ3n) is 2.67.